The van der Waals surface area contributed by atoms with Crippen molar-refractivity contribution in [3.8, 4) is 5.75 Å². The van der Waals surface area contributed by atoms with E-state index in [1.165, 1.54) is 32.4 Å². The van der Waals surface area contributed by atoms with E-state index in [-0.39, 0.29) is 5.75 Å². The van der Waals surface area contributed by atoms with Gasteiger partial charge in [-0.25, -0.2) is 15.2 Å². The van der Waals surface area contributed by atoms with E-state index in [1.807, 2.05) is 0 Å². The fraction of sp³-hybridized carbons (Fsp3) is 0.500. The third-order valence-corrected chi connectivity index (χ3v) is 3.44. The van der Waals surface area contributed by atoms with Crippen LogP contribution in [0.5, 0.6) is 5.75 Å². The zero-order valence-electron chi connectivity index (χ0n) is 11.7. The van der Waals surface area contributed by atoms with Crippen molar-refractivity contribution < 1.29 is 9.13 Å². The summed E-state index contributed by atoms with van der Waals surface area (Å²) in [6.07, 6.45) is 5.85. The second-order valence-electron chi connectivity index (χ2n) is 4.89. The molecule has 0 spiro atoms. The van der Waals surface area contributed by atoms with Crippen LogP contribution in [0.4, 0.5) is 10.1 Å². The molecule has 0 bridgehead atoms. The molecule has 1 fully saturated rings. The van der Waals surface area contributed by atoms with Gasteiger partial charge in [0.25, 0.3) is 0 Å². The highest BCUT2D eigenvalue weighted by molar-refractivity contribution is 5.93. The van der Waals surface area contributed by atoms with Crippen molar-refractivity contribution in [2.24, 2.45) is 10.8 Å². The zero-order valence-corrected chi connectivity index (χ0v) is 11.7. The van der Waals surface area contributed by atoms with Gasteiger partial charge < -0.3 is 10.1 Å². The summed E-state index contributed by atoms with van der Waals surface area (Å²) in [6.45, 7) is 0. The van der Waals surface area contributed by atoms with E-state index in [0.717, 1.165) is 12.8 Å². The highest BCUT2D eigenvalue weighted by Crippen LogP contribution is 2.22. The quantitative estimate of drug-likeness (QED) is 0.344. The molecule has 0 amide bonds. The Morgan fingerprint density at radius 3 is 2.75 bits per heavy atom. The van der Waals surface area contributed by atoms with Crippen LogP contribution in [-0.2, 0) is 0 Å². The number of ether oxygens (including phenoxy) is 1. The Morgan fingerprint density at radius 2 is 2.10 bits per heavy atom. The number of rotatable bonds is 3. The number of anilines is 1. The number of nitrogens with one attached hydrogen (secondary N) is 2. The SMILES string of the molecule is COc1cc(NC(=NC2CCCCC2)NN)ccc1F. The fourth-order valence-corrected chi connectivity index (χ4v) is 2.37. The average molecular weight is 280 g/mol. The minimum atomic E-state index is -0.399. The standard InChI is InChI=1S/C14H21FN4O/c1-20-13-9-11(7-8-12(13)15)18-14(19-16)17-10-5-3-2-4-6-10/h7-10H,2-6,16H2,1H3,(H2,17,18,19). The third kappa shape index (κ3) is 3.84. The van der Waals surface area contributed by atoms with Gasteiger partial charge in [0, 0.05) is 11.8 Å². The molecule has 4 N–H and O–H groups in total. The molecule has 0 unspecified atom stereocenters. The zero-order chi connectivity index (χ0) is 14.4. The van der Waals surface area contributed by atoms with Gasteiger partial charge in [-0.1, -0.05) is 19.3 Å². The molecule has 5 nitrogen and oxygen atoms in total. The second-order valence-corrected chi connectivity index (χ2v) is 4.89. The van der Waals surface area contributed by atoms with Gasteiger partial charge in [-0.3, -0.25) is 5.43 Å². The molecule has 0 saturated heterocycles. The molecule has 1 aliphatic rings. The van der Waals surface area contributed by atoms with E-state index < -0.39 is 5.82 Å². The number of guanidine groups is 1. The first kappa shape index (κ1) is 14.6. The molecule has 0 atom stereocenters. The van der Waals surface area contributed by atoms with Crippen molar-refractivity contribution in [1.82, 2.24) is 5.43 Å². The van der Waals surface area contributed by atoms with Gasteiger partial charge in [-0.15, -0.1) is 0 Å². The Hall–Kier alpha value is -1.82. The lowest BCUT2D eigenvalue weighted by molar-refractivity contribution is 0.387. The minimum Gasteiger partial charge on any atom is -0.494 e. The van der Waals surface area contributed by atoms with Crippen LogP contribution in [0.25, 0.3) is 0 Å². The summed E-state index contributed by atoms with van der Waals surface area (Å²) in [5.74, 6) is 5.77. The maximum Gasteiger partial charge on any atom is 0.210 e. The first-order valence-electron chi connectivity index (χ1n) is 6.88. The highest BCUT2D eigenvalue weighted by atomic mass is 19.1. The number of benzene rings is 1. The largest absolute Gasteiger partial charge is 0.494 e. The van der Waals surface area contributed by atoms with Crippen molar-refractivity contribution in [2.45, 2.75) is 38.1 Å². The van der Waals surface area contributed by atoms with Gasteiger partial charge in [-0.2, -0.15) is 0 Å². The molecule has 6 heteroatoms. The van der Waals surface area contributed by atoms with Crippen molar-refractivity contribution >= 4 is 11.6 Å². The summed E-state index contributed by atoms with van der Waals surface area (Å²) in [5, 5.41) is 3.05. The molecule has 0 radical (unpaired) electrons. The maximum absolute atomic E-state index is 13.3. The van der Waals surface area contributed by atoms with Crippen LogP contribution in [-0.4, -0.2) is 19.1 Å². The number of aliphatic imine (C=N–C) groups is 1. The predicted octanol–water partition coefficient (Wildman–Crippen LogP) is 2.40. The number of nitrogens with zero attached hydrogens (tertiary/aromatic N) is 1. The van der Waals surface area contributed by atoms with Gasteiger partial charge in [0.1, 0.15) is 0 Å². The molecule has 1 aliphatic carbocycles. The fourth-order valence-electron chi connectivity index (χ4n) is 2.37. The van der Waals surface area contributed by atoms with Gasteiger partial charge in [0.2, 0.25) is 5.96 Å². The topological polar surface area (TPSA) is 71.7 Å². The van der Waals surface area contributed by atoms with Crippen LogP contribution in [0.2, 0.25) is 0 Å². The summed E-state index contributed by atoms with van der Waals surface area (Å²) >= 11 is 0. The predicted molar refractivity (Wildman–Crippen MR) is 78.2 cm³/mol. The molecular formula is C14H21FN4O. The molecule has 0 aliphatic heterocycles. The molecular weight excluding hydrogens is 259 g/mol. The molecule has 20 heavy (non-hydrogen) atoms. The maximum atomic E-state index is 13.3. The molecule has 2 rings (SSSR count). The number of hydrogen-bond acceptors (Lipinski definition) is 3. The average Bonchev–Trinajstić information content (AvgIpc) is 2.49. The Kier molecular flexibility index (Phi) is 5.17. The molecule has 1 aromatic rings. The van der Waals surface area contributed by atoms with Gasteiger partial charge in [0.05, 0.1) is 13.2 Å². The van der Waals surface area contributed by atoms with E-state index in [1.54, 1.807) is 12.1 Å². The van der Waals surface area contributed by atoms with Crippen LogP contribution < -0.4 is 21.3 Å². The van der Waals surface area contributed by atoms with E-state index in [2.05, 4.69) is 15.7 Å². The van der Waals surface area contributed by atoms with Crippen LogP contribution in [0.15, 0.2) is 23.2 Å². The molecule has 0 heterocycles. The Labute approximate surface area is 118 Å². The van der Waals surface area contributed by atoms with Crippen LogP contribution >= 0.6 is 0 Å². The van der Waals surface area contributed by atoms with E-state index >= 15 is 0 Å². The van der Waals surface area contributed by atoms with Crippen molar-refractivity contribution in [3.63, 3.8) is 0 Å². The first-order valence-corrected chi connectivity index (χ1v) is 6.88. The lowest BCUT2D eigenvalue weighted by Crippen LogP contribution is -2.37. The summed E-state index contributed by atoms with van der Waals surface area (Å²) in [7, 11) is 1.43. The van der Waals surface area contributed by atoms with E-state index in [4.69, 9.17) is 10.6 Å². The second kappa shape index (κ2) is 7.09. The summed E-state index contributed by atoms with van der Waals surface area (Å²) in [5.41, 5.74) is 3.23. The van der Waals surface area contributed by atoms with Gasteiger partial charge in [0.15, 0.2) is 11.6 Å². The van der Waals surface area contributed by atoms with E-state index in [9.17, 15) is 4.39 Å². The Morgan fingerprint density at radius 1 is 1.35 bits per heavy atom. The molecule has 0 aromatic heterocycles. The van der Waals surface area contributed by atoms with Crippen molar-refractivity contribution in [3.05, 3.63) is 24.0 Å². The molecule has 1 saturated carbocycles. The van der Waals surface area contributed by atoms with E-state index in [0.29, 0.717) is 17.7 Å². The van der Waals surface area contributed by atoms with Crippen LogP contribution in [0.1, 0.15) is 32.1 Å². The number of hydrogen-bond donors (Lipinski definition) is 3. The number of nitrogens with two attached hydrogens (primary N) is 1. The van der Waals surface area contributed by atoms with Crippen molar-refractivity contribution in [2.75, 3.05) is 12.4 Å². The van der Waals surface area contributed by atoms with Crippen LogP contribution in [0, 0.1) is 5.82 Å². The smallest absolute Gasteiger partial charge is 0.210 e. The number of hydrazine groups is 1. The first-order chi connectivity index (χ1) is 9.72. The lowest BCUT2D eigenvalue weighted by atomic mass is 9.96. The monoisotopic (exact) mass is 280 g/mol. The molecule has 110 valence electrons. The minimum absolute atomic E-state index is 0.184. The third-order valence-electron chi connectivity index (χ3n) is 3.44. The summed E-state index contributed by atoms with van der Waals surface area (Å²) in [4.78, 5) is 4.56. The van der Waals surface area contributed by atoms with Crippen molar-refractivity contribution in [1.29, 1.82) is 0 Å². The lowest BCUT2D eigenvalue weighted by Gasteiger charge is -2.19. The molecule has 1 aromatic carbocycles. The summed E-state index contributed by atoms with van der Waals surface area (Å²) < 4.78 is 18.3. The normalized spacial score (nSPS) is 16.9. The Balaban J connectivity index is 2.07. The summed E-state index contributed by atoms with van der Waals surface area (Å²) in [6, 6.07) is 4.83. The van der Waals surface area contributed by atoms with Gasteiger partial charge >= 0.3 is 0 Å². The Bertz CT molecular complexity index is 472. The number of halogens is 1. The number of methoxy groups -OCH3 is 1. The van der Waals surface area contributed by atoms with Gasteiger partial charge in [-0.05, 0) is 25.0 Å². The van der Waals surface area contributed by atoms with Crippen LogP contribution in [0.3, 0.4) is 0 Å². The highest BCUT2D eigenvalue weighted by Gasteiger charge is 2.13.